The molecule has 0 spiro atoms. The molecular weight excluding hydrogens is 346 g/mol. The van der Waals surface area contributed by atoms with E-state index < -0.39 is 23.7 Å². The van der Waals surface area contributed by atoms with Crippen LogP contribution in [0.1, 0.15) is 26.3 Å². The highest BCUT2D eigenvalue weighted by Gasteiger charge is 2.24. The number of hydrogen-bond donors (Lipinski definition) is 2. The Kier molecular flexibility index (Phi) is 6.65. The van der Waals surface area contributed by atoms with Crippen LogP contribution in [0, 0.1) is 0 Å². The molecule has 0 saturated carbocycles. The molecule has 0 aromatic heterocycles. The summed E-state index contributed by atoms with van der Waals surface area (Å²) in [6.07, 6.45) is -0.631. The van der Waals surface area contributed by atoms with E-state index in [2.05, 4.69) is 15.5 Å². The third-order valence-electron chi connectivity index (χ3n) is 3.40. The van der Waals surface area contributed by atoms with Crippen molar-refractivity contribution in [2.75, 3.05) is 0 Å². The average Bonchev–Trinajstić information content (AvgIpc) is 2.60. The van der Waals surface area contributed by atoms with Crippen LogP contribution in [0.5, 0.6) is 0 Å². The van der Waals surface area contributed by atoms with Gasteiger partial charge in [-0.3, -0.25) is 0 Å². The Bertz CT molecular complexity index is 796. The molecule has 0 aliphatic rings. The average molecular weight is 369 g/mol. The van der Waals surface area contributed by atoms with Gasteiger partial charge in [-0.2, -0.15) is 10.2 Å². The van der Waals surface area contributed by atoms with E-state index in [-0.39, 0.29) is 6.42 Å². The first-order valence-corrected chi connectivity index (χ1v) is 8.51. The largest absolute Gasteiger partial charge is 0.480 e. The van der Waals surface area contributed by atoms with E-state index in [9.17, 15) is 14.7 Å². The van der Waals surface area contributed by atoms with Crippen molar-refractivity contribution in [3.05, 3.63) is 60.2 Å². The van der Waals surface area contributed by atoms with E-state index >= 15 is 0 Å². The molecule has 0 radical (unpaired) electrons. The number of alkyl carbamates (subject to hydrolysis) is 1. The topological polar surface area (TPSA) is 100 Å². The molecule has 7 nitrogen and oxygen atoms in total. The molecular formula is C20H23N3O4. The van der Waals surface area contributed by atoms with Crippen molar-refractivity contribution in [3.63, 3.8) is 0 Å². The minimum atomic E-state index is -1.13. The van der Waals surface area contributed by atoms with Gasteiger partial charge in [0, 0.05) is 6.42 Å². The number of rotatable bonds is 6. The van der Waals surface area contributed by atoms with E-state index in [1.165, 1.54) is 0 Å². The van der Waals surface area contributed by atoms with Gasteiger partial charge >= 0.3 is 12.1 Å². The second-order valence-corrected chi connectivity index (χ2v) is 6.94. The van der Waals surface area contributed by atoms with Crippen LogP contribution >= 0.6 is 0 Å². The van der Waals surface area contributed by atoms with Crippen molar-refractivity contribution in [2.24, 2.45) is 10.2 Å². The molecule has 0 heterocycles. The van der Waals surface area contributed by atoms with Crippen LogP contribution in [0.4, 0.5) is 16.2 Å². The lowest BCUT2D eigenvalue weighted by molar-refractivity contribution is -0.139. The molecule has 1 unspecified atom stereocenters. The van der Waals surface area contributed by atoms with E-state index in [0.29, 0.717) is 5.69 Å². The first-order valence-electron chi connectivity index (χ1n) is 8.51. The molecule has 2 aromatic carbocycles. The van der Waals surface area contributed by atoms with Gasteiger partial charge < -0.3 is 15.2 Å². The smallest absolute Gasteiger partial charge is 0.408 e. The van der Waals surface area contributed by atoms with Gasteiger partial charge in [0.25, 0.3) is 0 Å². The predicted octanol–water partition coefficient (Wildman–Crippen LogP) is 4.62. The highest BCUT2D eigenvalue weighted by molar-refractivity contribution is 5.80. The maximum absolute atomic E-state index is 11.8. The molecule has 0 bridgehead atoms. The van der Waals surface area contributed by atoms with Gasteiger partial charge in [-0.1, -0.05) is 30.3 Å². The molecule has 27 heavy (non-hydrogen) atoms. The minimum Gasteiger partial charge on any atom is -0.480 e. The Morgan fingerprint density at radius 3 is 2.07 bits per heavy atom. The van der Waals surface area contributed by atoms with E-state index in [0.717, 1.165) is 11.3 Å². The maximum atomic E-state index is 11.8. The summed E-state index contributed by atoms with van der Waals surface area (Å²) in [6, 6.07) is 15.3. The van der Waals surface area contributed by atoms with Gasteiger partial charge in [0.15, 0.2) is 0 Å². The monoisotopic (exact) mass is 369 g/mol. The molecule has 0 aliphatic carbocycles. The second kappa shape index (κ2) is 8.93. The van der Waals surface area contributed by atoms with Gasteiger partial charge in [0.1, 0.15) is 11.6 Å². The summed E-state index contributed by atoms with van der Waals surface area (Å²) in [6.45, 7) is 5.14. The molecule has 0 aliphatic heterocycles. The van der Waals surface area contributed by atoms with Crippen LogP contribution in [-0.2, 0) is 16.0 Å². The predicted molar refractivity (Wildman–Crippen MR) is 102 cm³/mol. The maximum Gasteiger partial charge on any atom is 0.408 e. The summed E-state index contributed by atoms with van der Waals surface area (Å²) < 4.78 is 5.11. The molecule has 2 aromatic rings. The standard InChI is InChI=1S/C20H23N3O4/c1-20(2,3)27-19(26)21-17(18(24)25)13-14-9-11-16(12-10-14)23-22-15-7-5-4-6-8-15/h4-12,17H,13H2,1-3H3,(H,21,26)(H,24,25). The van der Waals surface area contributed by atoms with Gasteiger partial charge in [0.05, 0.1) is 11.4 Å². The number of nitrogens with zero attached hydrogens (tertiary/aromatic N) is 2. The molecule has 0 fully saturated rings. The summed E-state index contributed by atoms with van der Waals surface area (Å²) in [4.78, 5) is 23.2. The summed E-state index contributed by atoms with van der Waals surface area (Å²) in [5.41, 5.74) is 1.44. The van der Waals surface area contributed by atoms with Crippen LogP contribution in [0.15, 0.2) is 64.8 Å². The van der Waals surface area contributed by atoms with Crippen LogP contribution < -0.4 is 5.32 Å². The summed E-state index contributed by atoms with van der Waals surface area (Å²) in [5.74, 6) is -1.13. The van der Waals surface area contributed by atoms with Crippen LogP contribution in [0.25, 0.3) is 0 Å². The molecule has 2 N–H and O–H groups in total. The Morgan fingerprint density at radius 2 is 1.56 bits per heavy atom. The Hall–Kier alpha value is -3.22. The minimum absolute atomic E-state index is 0.130. The molecule has 142 valence electrons. The number of carbonyl (C=O) groups excluding carboxylic acids is 1. The first kappa shape index (κ1) is 20.1. The summed E-state index contributed by atoms with van der Waals surface area (Å²) >= 11 is 0. The zero-order chi connectivity index (χ0) is 19.9. The van der Waals surface area contributed by atoms with Crippen LogP contribution in [0.2, 0.25) is 0 Å². The van der Waals surface area contributed by atoms with E-state index in [1.807, 2.05) is 30.3 Å². The van der Waals surface area contributed by atoms with Crippen LogP contribution in [-0.4, -0.2) is 28.8 Å². The zero-order valence-electron chi connectivity index (χ0n) is 15.5. The fraction of sp³-hybridized carbons (Fsp3) is 0.300. The van der Waals surface area contributed by atoms with Crippen molar-refractivity contribution in [2.45, 2.75) is 38.8 Å². The highest BCUT2D eigenvalue weighted by Crippen LogP contribution is 2.19. The van der Waals surface area contributed by atoms with E-state index in [4.69, 9.17) is 4.74 Å². The van der Waals surface area contributed by atoms with Crippen molar-refractivity contribution in [1.82, 2.24) is 5.32 Å². The lowest BCUT2D eigenvalue weighted by Crippen LogP contribution is -2.44. The normalized spacial score (nSPS) is 12.6. The molecule has 0 saturated heterocycles. The lowest BCUT2D eigenvalue weighted by atomic mass is 10.1. The number of aliphatic carboxylic acids is 1. The molecule has 1 amide bonds. The molecule has 1 atom stereocenters. The summed E-state index contributed by atoms with van der Waals surface area (Å²) in [7, 11) is 0. The van der Waals surface area contributed by atoms with Crippen molar-refractivity contribution < 1.29 is 19.4 Å². The number of ether oxygens (including phenoxy) is 1. The lowest BCUT2D eigenvalue weighted by Gasteiger charge is -2.22. The fourth-order valence-corrected chi connectivity index (χ4v) is 2.19. The SMILES string of the molecule is CC(C)(C)OC(=O)NC(Cc1ccc(N=Nc2ccccc2)cc1)C(=O)O. The van der Waals surface area contributed by atoms with Crippen molar-refractivity contribution in [1.29, 1.82) is 0 Å². The number of amides is 1. The number of carbonyl (C=O) groups is 2. The third kappa shape index (κ3) is 7.27. The number of azo groups is 1. The van der Waals surface area contributed by atoms with Crippen molar-refractivity contribution in [3.8, 4) is 0 Å². The number of benzene rings is 2. The summed E-state index contributed by atoms with van der Waals surface area (Å²) in [5, 5.41) is 20.0. The Morgan fingerprint density at radius 1 is 1.00 bits per heavy atom. The third-order valence-corrected chi connectivity index (χ3v) is 3.40. The highest BCUT2D eigenvalue weighted by atomic mass is 16.6. The van der Waals surface area contributed by atoms with Gasteiger partial charge in [-0.05, 0) is 50.6 Å². The Balaban J connectivity index is 1.99. The van der Waals surface area contributed by atoms with Crippen LogP contribution in [0.3, 0.4) is 0 Å². The molecule has 7 heteroatoms. The fourth-order valence-electron chi connectivity index (χ4n) is 2.19. The number of hydrogen-bond acceptors (Lipinski definition) is 5. The number of carboxylic acids is 1. The van der Waals surface area contributed by atoms with Crippen molar-refractivity contribution >= 4 is 23.4 Å². The van der Waals surface area contributed by atoms with Gasteiger partial charge in [-0.15, -0.1) is 0 Å². The molecule has 2 rings (SSSR count). The van der Waals surface area contributed by atoms with Gasteiger partial charge in [-0.25, -0.2) is 9.59 Å². The number of nitrogens with one attached hydrogen (secondary N) is 1. The number of carboxylic acid groups (broad SMARTS) is 1. The first-order chi connectivity index (χ1) is 12.7. The quantitative estimate of drug-likeness (QED) is 0.725. The van der Waals surface area contributed by atoms with Gasteiger partial charge in [0.2, 0.25) is 0 Å². The Labute approximate surface area is 158 Å². The second-order valence-electron chi connectivity index (χ2n) is 6.94. The van der Waals surface area contributed by atoms with E-state index in [1.54, 1.807) is 45.0 Å². The zero-order valence-corrected chi connectivity index (χ0v) is 15.5.